The fourth-order valence-corrected chi connectivity index (χ4v) is 3.07. The Morgan fingerprint density at radius 3 is 2.62 bits per heavy atom. The monoisotopic (exact) mass is 354 g/mol. The third kappa shape index (κ3) is 4.69. The Kier molecular flexibility index (Phi) is 7.72. The van der Waals surface area contributed by atoms with Crippen molar-refractivity contribution >= 4 is 11.8 Å². The second-order valence-electron chi connectivity index (χ2n) is 4.10. The zero-order valence-electron chi connectivity index (χ0n) is 10.2. The molecule has 0 radical (unpaired) electrons. The molecule has 1 aliphatic heterocycles. The standard InChI is InChI=1S/C13H17OS.Cs/c1-10-8-13(14-9-10)15-11(2)12-6-4-3-5-7-12;/h3-7,9-11,13H,8H2,1-2H3;/q-1;+1/t10-,11+,13?;/m1./s1. The van der Waals surface area contributed by atoms with E-state index in [9.17, 15) is 0 Å². The van der Waals surface area contributed by atoms with Crippen molar-refractivity contribution < 1.29 is 73.6 Å². The minimum atomic E-state index is 0. The maximum Gasteiger partial charge on any atom is 1.00 e. The third-order valence-electron chi connectivity index (χ3n) is 2.65. The fraction of sp³-hybridized carbons (Fsp3) is 0.462. The van der Waals surface area contributed by atoms with E-state index in [0.717, 1.165) is 6.42 Å². The summed E-state index contributed by atoms with van der Waals surface area (Å²) in [6, 6.07) is 10.6. The summed E-state index contributed by atoms with van der Waals surface area (Å²) >= 11 is 1.91. The Hall–Kier alpha value is 1.58. The SMILES string of the molecule is C[C@H](SC1C[C@@H](C)[CH-]O1)c1ccccc1.[Cs+]. The molecule has 2 rings (SSSR count). The van der Waals surface area contributed by atoms with Crippen LogP contribution in [0.1, 0.15) is 31.1 Å². The summed E-state index contributed by atoms with van der Waals surface area (Å²) in [5.41, 5.74) is 1.72. The summed E-state index contributed by atoms with van der Waals surface area (Å²) in [7, 11) is 0. The number of thioether (sulfide) groups is 1. The number of benzene rings is 1. The van der Waals surface area contributed by atoms with Gasteiger partial charge in [-0.15, -0.1) is 17.7 Å². The van der Waals surface area contributed by atoms with Gasteiger partial charge in [-0.3, -0.25) is 0 Å². The van der Waals surface area contributed by atoms with E-state index in [0.29, 0.717) is 16.6 Å². The number of rotatable bonds is 3. The summed E-state index contributed by atoms with van der Waals surface area (Å²) in [6.45, 7) is 6.41. The van der Waals surface area contributed by atoms with Crippen LogP contribution in [0.5, 0.6) is 0 Å². The molecule has 0 N–H and O–H groups in total. The predicted molar refractivity (Wildman–Crippen MR) is 65.4 cm³/mol. The molecule has 3 heteroatoms. The summed E-state index contributed by atoms with van der Waals surface area (Å²) in [6.07, 6.45) is 1.14. The third-order valence-corrected chi connectivity index (χ3v) is 3.94. The van der Waals surface area contributed by atoms with Crippen molar-refractivity contribution in [2.45, 2.75) is 31.0 Å². The molecule has 3 atom stereocenters. The summed E-state index contributed by atoms with van der Waals surface area (Å²) in [5.74, 6) is 0.602. The van der Waals surface area contributed by atoms with Gasteiger partial charge in [-0.2, -0.15) is 0 Å². The first-order valence-electron chi connectivity index (χ1n) is 5.45. The maximum absolute atomic E-state index is 5.60. The van der Waals surface area contributed by atoms with Crippen molar-refractivity contribution in [1.29, 1.82) is 0 Å². The Morgan fingerprint density at radius 2 is 2.06 bits per heavy atom. The van der Waals surface area contributed by atoms with E-state index in [-0.39, 0.29) is 68.9 Å². The van der Waals surface area contributed by atoms with Gasteiger partial charge in [0, 0.05) is 5.25 Å². The maximum atomic E-state index is 5.60. The minimum Gasteiger partial charge on any atom is -0.542 e. The van der Waals surface area contributed by atoms with Gasteiger partial charge in [0.15, 0.2) is 0 Å². The van der Waals surface area contributed by atoms with Gasteiger partial charge in [0.2, 0.25) is 0 Å². The predicted octanol–water partition coefficient (Wildman–Crippen LogP) is 1.03. The number of hydrogen-bond donors (Lipinski definition) is 0. The van der Waals surface area contributed by atoms with Crippen LogP contribution in [0, 0.1) is 12.5 Å². The van der Waals surface area contributed by atoms with E-state index in [1.165, 1.54) is 5.56 Å². The quantitative estimate of drug-likeness (QED) is 0.750. The molecule has 0 spiro atoms. The molecule has 1 fully saturated rings. The van der Waals surface area contributed by atoms with Crippen LogP contribution >= 0.6 is 11.8 Å². The van der Waals surface area contributed by atoms with Gasteiger partial charge in [0.05, 0.1) is 5.44 Å². The van der Waals surface area contributed by atoms with Crippen molar-refractivity contribution in [2.24, 2.45) is 5.92 Å². The Labute approximate surface area is 162 Å². The molecule has 0 amide bonds. The topological polar surface area (TPSA) is 9.23 Å². The van der Waals surface area contributed by atoms with Gasteiger partial charge in [-0.05, 0) is 18.9 Å². The molecular formula is C13H17CsOS. The van der Waals surface area contributed by atoms with Crippen molar-refractivity contribution in [3.63, 3.8) is 0 Å². The zero-order valence-corrected chi connectivity index (χ0v) is 17.3. The summed E-state index contributed by atoms with van der Waals surface area (Å²) in [4.78, 5) is 0. The Bertz CT molecular complexity index is 304. The van der Waals surface area contributed by atoms with Crippen LogP contribution in [0.25, 0.3) is 0 Å². The van der Waals surface area contributed by atoms with Crippen LogP contribution in [-0.2, 0) is 4.74 Å². The van der Waals surface area contributed by atoms with E-state index < -0.39 is 0 Å². The molecule has 0 aliphatic carbocycles. The van der Waals surface area contributed by atoms with Crippen LogP contribution in [0.15, 0.2) is 30.3 Å². The molecule has 82 valence electrons. The van der Waals surface area contributed by atoms with Crippen molar-refractivity contribution in [3.8, 4) is 0 Å². The smallest absolute Gasteiger partial charge is 0.542 e. The first-order chi connectivity index (χ1) is 7.25. The van der Waals surface area contributed by atoms with Gasteiger partial charge in [-0.1, -0.05) is 37.3 Å². The molecule has 1 aromatic carbocycles. The van der Waals surface area contributed by atoms with E-state index in [1.54, 1.807) is 0 Å². The summed E-state index contributed by atoms with van der Waals surface area (Å²) < 4.78 is 5.60. The molecule has 1 heterocycles. The average molecular weight is 354 g/mol. The number of hydrogen-bond acceptors (Lipinski definition) is 2. The molecule has 1 aromatic rings. The van der Waals surface area contributed by atoms with Gasteiger partial charge < -0.3 is 4.74 Å². The van der Waals surface area contributed by atoms with Crippen LogP contribution in [0.3, 0.4) is 0 Å². The molecule has 16 heavy (non-hydrogen) atoms. The van der Waals surface area contributed by atoms with Gasteiger partial charge >= 0.3 is 68.9 Å². The van der Waals surface area contributed by atoms with E-state index >= 15 is 0 Å². The molecule has 1 nitrogen and oxygen atoms in total. The van der Waals surface area contributed by atoms with Crippen molar-refractivity contribution in [3.05, 3.63) is 42.5 Å². The largest absolute Gasteiger partial charge is 1.00 e. The molecule has 0 saturated carbocycles. The molecule has 1 unspecified atom stereocenters. The zero-order chi connectivity index (χ0) is 10.7. The Balaban J connectivity index is 0.00000128. The molecule has 0 aromatic heterocycles. The molecular weight excluding hydrogens is 337 g/mol. The number of ether oxygens (including phenoxy) is 1. The summed E-state index contributed by atoms with van der Waals surface area (Å²) in [5, 5.41) is 0.509. The Morgan fingerprint density at radius 1 is 1.38 bits per heavy atom. The molecule has 1 saturated heterocycles. The van der Waals surface area contributed by atoms with Crippen LogP contribution < -0.4 is 68.9 Å². The first-order valence-corrected chi connectivity index (χ1v) is 6.39. The van der Waals surface area contributed by atoms with Gasteiger partial charge in [0.25, 0.3) is 0 Å². The van der Waals surface area contributed by atoms with Gasteiger partial charge in [0.1, 0.15) is 0 Å². The second kappa shape index (κ2) is 7.90. The van der Waals surface area contributed by atoms with E-state index in [4.69, 9.17) is 4.74 Å². The first kappa shape index (κ1) is 15.6. The van der Waals surface area contributed by atoms with Crippen LogP contribution in [-0.4, -0.2) is 5.44 Å². The fourth-order valence-electron chi connectivity index (χ4n) is 1.75. The minimum absolute atomic E-state index is 0. The van der Waals surface area contributed by atoms with E-state index in [1.807, 2.05) is 18.4 Å². The van der Waals surface area contributed by atoms with Crippen LogP contribution in [0.2, 0.25) is 0 Å². The van der Waals surface area contributed by atoms with Crippen molar-refractivity contribution in [1.82, 2.24) is 0 Å². The van der Waals surface area contributed by atoms with Crippen LogP contribution in [0.4, 0.5) is 0 Å². The average Bonchev–Trinajstić information content (AvgIpc) is 2.65. The van der Waals surface area contributed by atoms with E-state index in [2.05, 4.69) is 44.2 Å². The normalized spacial score (nSPS) is 26.1. The second-order valence-corrected chi connectivity index (χ2v) is 5.61. The van der Waals surface area contributed by atoms with Crippen molar-refractivity contribution in [2.75, 3.05) is 0 Å². The molecule has 0 bridgehead atoms. The van der Waals surface area contributed by atoms with Gasteiger partial charge in [-0.25, -0.2) is 6.61 Å². The molecule has 1 aliphatic rings.